The van der Waals surface area contributed by atoms with Gasteiger partial charge in [-0.25, -0.2) is 14.1 Å². The molecule has 0 aliphatic heterocycles. The summed E-state index contributed by atoms with van der Waals surface area (Å²) in [6.45, 7) is 0.398. The second kappa shape index (κ2) is 6.51. The Kier molecular flexibility index (Phi) is 4.18. The van der Waals surface area contributed by atoms with E-state index in [9.17, 15) is 19.1 Å². The maximum absolute atomic E-state index is 12.9. The van der Waals surface area contributed by atoms with Crippen molar-refractivity contribution in [2.24, 2.45) is 23.7 Å². The number of aliphatic carboxylic acids is 1. The van der Waals surface area contributed by atoms with Crippen LogP contribution in [0.25, 0.3) is 0 Å². The molecule has 2 bridgehead atoms. The van der Waals surface area contributed by atoms with Crippen molar-refractivity contribution in [1.82, 2.24) is 14.8 Å². The van der Waals surface area contributed by atoms with Gasteiger partial charge in [-0.2, -0.15) is 0 Å². The number of carboxylic acid groups (broad SMARTS) is 1. The van der Waals surface area contributed by atoms with Crippen molar-refractivity contribution in [2.75, 3.05) is 5.32 Å². The van der Waals surface area contributed by atoms with Crippen LogP contribution in [0.2, 0.25) is 0 Å². The van der Waals surface area contributed by atoms with Crippen LogP contribution in [0.1, 0.15) is 24.8 Å². The minimum atomic E-state index is -0.896. The summed E-state index contributed by atoms with van der Waals surface area (Å²) in [5, 5.41) is 16.3. The summed E-state index contributed by atoms with van der Waals surface area (Å²) in [5.41, 5.74) is 0.855. The molecule has 2 aliphatic carbocycles. The average molecular weight is 358 g/mol. The molecule has 4 atom stereocenters. The van der Waals surface area contributed by atoms with Crippen LogP contribution in [0.15, 0.2) is 30.6 Å². The van der Waals surface area contributed by atoms with Crippen molar-refractivity contribution in [2.45, 2.75) is 25.8 Å². The fourth-order valence-corrected chi connectivity index (χ4v) is 4.42. The molecular weight excluding hydrogens is 339 g/mol. The van der Waals surface area contributed by atoms with E-state index in [2.05, 4.69) is 15.4 Å². The Bertz CT molecular complexity index is 835. The molecule has 1 heterocycles. The first-order chi connectivity index (χ1) is 12.5. The second-order valence-corrected chi connectivity index (χ2v) is 7.10. The predicted molar refractivity (Wildman–Crippen MR) is 89.6 cm³/mol. The summed E-state index contributed by atoms with van der Waals surface area (Å²) in [6.07, 6.45) is 4.07. The third kappa shape index (κ3) is 3.07. The summed E-state index contributed by atoms with van der Waals surface area (Å²) in [7, 11) is 0. The number of halogens is 1. The Morgan fingerprint density at radius 3 is 2.58 bits per heavy atom. The molecule has 136 valence electrons. The number of anilines is 1. The molecule has 26 heavy (non-hydrogen) atoms. The van der Waals surface area contributed by atoms with E-state index >= 15 is 0 Å². The Hall–Kier alpha value is -2.77. The smallest absolute Gasteiger partial charge is 0.307 e. The van der Waals surface area contributed by atoms with Crippen LogP contribution in [0.4, 0.5) is 10.3 Å². The van der Waals surface area contributed by atoms with E-state index < -0.39 is 17.8 Å². The molecular formula is C18H19FN4O3. The SMILES string of the molecule is O=C(Nc1ncn(Cc2ccc(F)cc2)n1)[C@@H]1[C@H]2CC[C@@H](C2)[C@@H]1C(=O)O. The molecule has 0 saturated heterocycles. The van der Waals surface area contributed by atoms with Crippen molar-refractivity contribution in [3.8, 4) is 0 Å². The molecule has 0 unspecified atom stereocenters. The van der Waals surface area contributed by atoms with Crippen LogP contribution in [0.3, 0.4) is 0 Å². The number of fused-ring (bicyclic) bond motifs is 2. The molecule has 0 spiro atoms. The van der Waals surface area contributed by atoms with Gasteiger partial charge in [0.2, 0.25) is 11.9 Å². The number of carboxylic acids is 1. The Balaban J connectivity index is 1.43. The van der Waals surface area contributed by atoms with Gasteiger partial charge in [0.15, 0.2) is 0 Å². The lowest BCUT2D eigenvalue weighted by Crippen LogP contribution is -2.38. The van der Waals surface area contributed by atoms with Crippen molar-refractivity contribution in [1.29, 1.82) is 0 Å². The molecule has 2 aliphatic rings. The van der Waals surface area contributed by atoms with E-state index in [-0.39, 0.29) is 29.5 Å². The molecule has 2 fully saturated rings. The van der Waals surface area contributed by atoms with Gasteiger partial charge in [0.1, 0.15) is 12.1 Å². The Morgan fingerprint density at radius 2 is 1.88 bits per heavy atom. The van der Waals surface area contributed by atoms with Crippen molar-refractivity contribution >= 4 is 17.8 Å². The van der Waals surface area contributed by atoms with Crippen LogP contribution in [-0.2, 0) is 16.1 Å². The molecule has 2 saturated carbocycles. The number of benzene rings is 1. The number of carbonyl (C=O) groups excluding carboxylic acids is 1. The summed E-state index contributed by atoms with van der Waals surface area (Å²) in [5.74, 6) is -2.27. The number of nitrogens with one attached hydrogen (secondary N) is 1. The van der Waals surface area contributed by atoms with E-state index in [1.807, 2.05) is 0 Å². The molecule has 1 aromatic carbocycles. The van der Waals surface area contributed by atoms with Gasteiger partial charge in [-0.3, -0.25) is 14.9 Å². The molecule has 2 N–H and O–H groups in total. The zero-order chi connectivity index (χ0) is 18.3. The number of aromatic nitrogens is 3. The number of carbonyl (C=O) groups is 2. The van der Waals surface area contributed by atoms with Gasteiger partial charge < -0.3 is 5.11 Å². The van der Waals surface area contributed by atoms with Crippen LogP contribution < -0.4 is 5.32 Å². The maximum atomic E-state index is 12.9. The third-order valence-corrected chi connectivity index (χ3v) is 5.53. The molecule has 7 nitrogen and oxygen atoms in total. The monoisotopic (exact) mass is 358 g/mol. The lowest BCUT2D eigenvalue weighted by molar-refractivity contribution is -0.148. The third-order valence-electron chi connectivity index (χ3n) is 5.53. The lowest BCUT2D eigenvalue weighted by Gasteiger charge is -2.26. The molecule has 8 heteroatoms. The predicted octanol–water partition coefficient (Wildman–Crippen LogP) is 2.15. The van der Waals surface area contributed by atoms with Gasteiger partial charge in [-0.1, -0.05) is 12.1 Å². The zero-order valence-corrected chi connectivity index (χ0v) is 14.0. The summed E-state index contributed by atoms with van der Waals surface area (Å²) in [6, 6.07) is 6.05. The van der Waals surface area contributed by atoms with Crippen molar-refractivity contribution < 1.29 is 19.1 Å². The molecule has 2 aromatic rings. The normalized spacial score (nSPS) is 26.8. The summed E-state index contributed by atoms with van der Waals surface area (Å²) >= 11 is 0. The minimum Gasteiger partial charge on any atom is -0.481 e. The zero-order valence-electron chi connectivity index (χ0n) is 14.0. The summed E-state index contributed by atoms with van der Waals surface area (Å²) in [4.78, 5) is 28.2. The van der Waals surface area contributed by atoms with Gasteiger partial charge >= 0.3 is 5.97 Å². The van der Waals surface area contributed by atoms with Gasteiger partial charge in [0, 0.05) is 0 Å². The quantitative estimate of drug-likeness (QED) is 0.854. The second-order valence-electron chi connectivity index (χ2n) is 7.10. The molecule has 0 radical (unpaired) electrons. The topological polar surface area (TPSA) is 97.1 Å². The highest BCUT2D eigenvalue weighted by Crippen LogP contribution is 2.52. The Morgan fingerprint density at radius 1 is 1.19 bits per heavy atom. The number of hydrogen-bond donors (Lipinski definition) is 2. The van der Waals surface area contributed by atoms with Gasteiger partial charge in [0.25, 0.3) is 0 Å². The van der Waals surface area contributed by atoms with Gasteiger partial charge in [0.05, 0.1) is 18.4 Å². The van der Waals surface area contributed by atoms with Crippen molar-refractivity contribution in [3.05, 3.63) is 42.0 Å². The summed E-state index contributed by atoms with van der Waals surface area (Å²) < 4.78 is 14.5. The van der Waals surface area contributed by atoms with Crippen LogP contribution >= 0.6 is 0 Å². The number of nitrogens with zero attached hydrogens (tertiary/aromatic N) is 3. The first-order valence-electron chi connectivity index (χ1n) is 8.69. The molecule has 4 rings (SSSR count). The van der Waals surface area contributed by atoms with E-state index in [0.717, 1.165) is 24.8 Å². The van der Waals surface area contributed by atoms with Crippen LogP contribution in [0.5, 0.6) is 0 Å². The lowest BCUT2D eigenvalue weighted by atomic mass is 9.79. The molecule has 1 amide bonds. The van der Waals surface area contributed by atoms with Crippen LogP contribution in [0, 0.1) is 29.5 Å². The highest BCUT2D eigenvalue weighted by molar-refractivity contribution is 5.94. The number of rotatable bonds is 5. The van der Waals surface area contributed by atoms with Gasteiger partial charge in [-0.05, 0) is 48.8 Å². The van der Waals surface area contributed by atoms with E-state index in [4.69, 9.17) is 0 Å². The maximum Gasteiger partial charge on any atom is 0.307 e. The number of amides is 1. The standard InChI is InChI=1S/C18H19FN4O3/c19-13-5-1-10(2-6-13)8-23-9-20-18(22-23)21-16(24)14-11-3-4-12(7-11)15(14)17(25)26/h1-2,5-6,9,11-12,14-15H,3-4,7-8H2,(H,25,26)(H,21,22,24)/t11-,12-,14+,15-/m0/s1. The minimum absolute atomic E-state index is 0.0947. The number of hydrogen-bond acceptors (Lipinski definition) is 4. The fourth-order valence-electron chi connectivity index (χ4n) is 4.42. The average Bonchev–Trinajstić information content (AvgIpc) is 3.32. The van der Waals surface area contributed by atoms with Gasteiger partial charge in [-0.15, -0.1) is 5.10 Å². The van der Waals surface area contributed by atoms with E-state index in [1.165, 1.54) is 18.5 Å². The fraction of sp³-hybridized carbons (Fsp3) is 0.444. The highest BCUT2D eigenvalue weighted by Gasteiger charge is 2.54. The van der Waals surface area contributed by atoms with Crippen molar-refractivity contribution in [3.63, 3.8) is 0 Å². The largest absolute Gasteiger partial charge is 0.481 e. The first-order valence-corrected chi connectivity index (χ1v) is 8.69. The Labute approximate surface area is 149 Å². The van der Waals surface area contributed by atoms with E-state index in [1.54, 1.807) is 16.8 Å². The van der Waals surface area contributed by atoms with Crippen LogP contribution in [-0.4, -0.2) is 31.7 Å². The highest BCUT2D eigenvalue weighted by atomic mass is 19.1. The first kappa shape index (κ1) is 16.7. The van der Waals surface area contributed by atoms with E-state index in [0.29, 0.717) is 6.54 Å². The molecule has 1 aromatic heterocycles.